The van der Waals surface area contributed by atoms with Crippen LogP contribution in [0.5, 0.6) is 11.5 Å². The van der Waals surface area contributed by atoms with Crippen molar-refractivity contribution < 1.29 is 18.3 Å². The Balaban J connectivity index is 2.07. The van der Waals surface area contributed by atoms with E-state index in [2.05, 4.69) is 14.5 Å². The smallest absolute Gasteiger partial charge is 0.395 e. The molecule has 0 saturated carbocycles. The van der Waals surface area contributed by atoms with E-state index in [9.17, 15) is 8.78 Å². The first-order valence-corrected chi connectivity index (χ1v) is 5.13. The average molecular weight is 248 g/mol. The van der Waals surface area contributed by atoms with Gasteiger partial charge in [0, 0.05) is 18.0 Å². The molecule has 1 atom stereocenters. The Morgan fingerprint density at radius 1 is 1.33 bits per heavy atom. The van der Waals surface area contributed by atoms with Crippen molar-refractivity contribution in [3.63, 3.8) is 0 Å². The highest BCUT2D eigenvalue weighted by Crippen LogP contribution is 2.46. The molecule has 1 aromatic carbocycles. The molecule has 0 spiro atoms. The summed E-state index contributed by atoms with van der Waals surface area (Å²) in [7, 11) is 0. The number of fused-ring (bicyclic) bond motifs is 1. The van der Waals surface area contributed by atoms with Gasteiger partial charge in [0.15, 0.2) is 11.5 Å². The number of benzene rings is 1. The maximum atomic E-state index is 13.0. The van der Waals surface area contributed by atoms with Crippen LogP contribution in [0.25, 0.3) is 0 Å². The van der Waals surface area contributed by atoms with Crippen LogP contribution in [0.15, 0.2) is 35.0 Å². The first kappa shape index (κ1) is 10.7. The van der Waals surface area contributed by atoms with Crippen molar-refractivity contribution in [3.05, 3.63) is 35.5 Å². The number of nitriles is 1. The van der Waals surface area contributed by atoms with Crippen LogP contribution >= 0.6 is 0 Å². The van der Waals surface area contributed by atoms with Crippen LogP contribution in [0.1, 0.15) is 11.5 Å². The number of halogens is 2. The highest BCUT2D eigenvalue weighted by Gasteiger charge is 2.45. The first-order chi connectivity index (χ1) is 8.61. The lowest BCUT2D eigenvalue weighted by molar-refractivity contribution is -0.286. The lowest BCUT2D eigenvalue weighted by atomic mass is 9.94. The van der Waals surface area contributed by atoms with E-state index < -0.39 is 12.2 Å². The molecule has 0 N–H and O–H groups in total. The third-order valence-corrected chi connectivity index (χ3v) is 2.71. The van der Waals surface area contributed by atoms with E-state index in [0.717, 1.165) is 0 Å². The fraction of sp³-hybridized carbons (Fsp3) is 0.167. The molecule has 0 amide bonds. The summed E-state index contributed by atoms with van der Waals surface area (Å²) in [6.45, 7) is 0. The van der Waals surface area contributed by atoms with Crippen LogP contribution in [0, 0.1) is 11.3 Å². The highest BCUT2D eigenvalue weighted by molar-refractivity contribution is 5.80. The third kappa shape index (κ3) is 1.52. The maximum absolute atomic E-state index is 13.0. The summed E-state index contributed by atoms with van der Waals surface area (Å²) in [6.07, 6.45) is -0.753. The molecule has 4 nitrogen and oxygen atoms in total. The molecule has 0 bridgehead atoms. The summed E-state index contributed by atoms with van der Waals surface area (Å²) >= 11 is 0. The zero-order valence-corrected chi connectivity index (χ0v) is 8.93. The van der Waals surface area contributed by atoms with E-state index in [-0.39, 0.29) is 11.5 Å². The number of ether oxygens (including phenoxy) is 2. The number of aliphatic imine (C=N–C) groups is 1. The second-order valence-corrected chi connectivity index (χ2v) is 3.81. The van der Waals surface area contributed by atoms with Crippen molar-refractivity contribution in [2.45, 2.75) is 12.2 Å². The molecule has 2 aliphatic heterocycles. The van der Waals surface area contributed by atoms with Crippen molar-refractivity contribution in [2.24, 2.45) is 4.99 Å². The normalized spacial score (nSPS) is 22.7. The van der Waals surface area contributed by atoms with Crippen LogP contribution in [0.2, 0.25) is 0 Å². The summed E-state index contributed by atoms with van der Waals surface area (Å²) < 4.78 is 34.9. The molecular formula is C12H6F2N2O2. The Kier molecular flexibility index (Phi) is 2.10. The second kappa shape index (κ2) is 3.53. The number of hydrogen-bond acceptors (Lipinski definition) is 4. The topological polar surface area (TPSA) is 54.6 Å². The minimum absolute atomic E-state index is 0.0323. The Bertz CT molecular complexity index is 617. The van der Waals surface area contributed by atoms with Crippen LogP contribution < -0.4 is 9.47 Å². The van der Waals surface area contributed by atoms with Gasteiger partial charge >= 0.3 is 6.29 Å². The Morgan fingerprint density at radius 2 is 2.17 bits per heavy atom. The van der Waals surface area contributed by atoms with Gasteiger partial charge in [0.25, 0.3) is 0 Å². The first-order valence-electron chi connectivity index (χ1n) is 5.13. The van der Waals surface area contributed by atoms with Crippen LogP contribution in [0.4, 0.5) is 8.78 Å². The SMILES string of the molecule is N#CC1=CN=CC1c1cccc2c1OC(F)(F)O2. The van der Waals surface area contributed by atoms with E-state index in [1.807, 2.05) is 6.07 Å². The predicted molar refractivity (Wildman–Crippen MR) is 57.6 cm³/mol. The number of alkyl halides is 2. The Hall–Kier alpha value is -2.42. The molecule has 0 fully saturated rings. The van der Waals surface area contributed by atoms with Crippen LogP contribution in [0.3, 0.4) is 0 Å². The number of para-hydroxylation sites is 1. The van der Waals surface area contributed by atoms with E-state index in [1.165, 1.54) is 18.5 Å². The van der Waals surface area contributed by atoms with Gasteiger partial charge in [-0.25, -0.2) is 0 Å². The van der Waals surface area contributed by atoms with Gasteiger partial charge in [0.2, 0.25) is 0 Å². The van der Waals surface area contributed by atoms with Crippen molar-refractivity contribution in [3.8, 4) is 17.6 Å². The minimum Gasteiger partial charge on any atom is -0.395 e. The molecule has 3 rings (SSSR count). The zero-order valence-electron chi connectivity index (χ0n) is 8.93. The van der Waals surface area contributed by atoms with Crippen molar-refractivity contribution in [1.29, 1.82) is 5.26 Å². The van der Waals surface area contributed by atoms with Gasteiger partial charge in [-0.3, -0.25) is 4.99 Å². The van der Waals surface area contributed by atoms with Gasteiger partial charge in [0.05, 0.1) is 17.6 Å². The maximum Gasteiger partial charge on any atom is 0.586 e. The molecule has 18 heavy (non-hydrogen) atoms. The summed E-state index contributed by atoms with van der Waals surface area (Å²) in [5, 5.41) is 8.93. The molecular weight excluding hydrogens is 242 g/mol. The molecule has 0 radical (unpaired) electrons. The number of allylic oxidation sites excluding steroid dienone is 1. The van der Waals surface area contributed by atoms with Gasteiger partial charge < -0.3 is 9.47 Å². The van der Waals surface area contributed by atoms with Crippen LogP contribution in [-0.2, 0) is 0 Å². The largest absolute Gasteiger partial charge is 0.586 e. The standard InChI is InChI=1S/C12H6F2N2O2/c13-12(14)17-10-3-1-2-8(11(10)18-12)9-6-16-5-7(9)4-15/h1-3,5-6,9H. The predicted octanol–water partition coefficient (Wildman–Crippen LogP) is 2.58. The molecule has 0 saturated heterocycles. The van der Waals surface area contributed by atoms with Gasteiger partial charge in [-0.05, 0) is 6.07 Å². The Morgan fingerprint density at radius 3 is 2.94 bits per heavy atom. The van der Waals surface area contributed by atoms with E-state index in [4.69, 9.17) is 5.26 Å². The Labute approximate surface area is 101 Å². The second-order valence-electron chi connectivity index (χ2n) is 3.81. The highest BCUT2D eigenvalue weighted by atomic mass is 19.3. The van der Waals surface area contributed by atoms with Gasteiger partial charge in [-0.1, -0.05) is 12.1 Å². The monoisotopic (exact) mass is 248 g/mol. The summed E-state index contributed by atoms with van der Waals surface area (Å²) in [5.74, 6) is -0.542. The molecule has 2 aliphatic rings. The number of hydrogen-bond donors (Lipinski definition) is 0. The van der Waals surface area contributed by atoms with Gasteiger partial charge in [-0.15, -0.1) is 8.78 Å². The summed E-state index contributed by atoms with van der Waals surface area (Å²) in [6, 6.07) is 6.54. The molecule has 2 heterocycles. The fourth-order valence-electron chi connectivity index (χ4n) is 1.95. The molecule has 0 aliphatic carbocycles. The number of rotatable bonds is 1. The van der Waals surface area contributed by atoms with E-state index >= 15 is 0 Å². The lowest BCUT2D eigenvalue weighted by Gasteiger charge is -2.10. The summed E-state index contributed by atoms with van der Waals surface area (Å²) in [5.41, 5.74) is 0.820. The van der Waals surface area contributed by atoms with Crippen molar-refractivity contribution >= 4 is 6.21 Å². The van der Waals surface area contributed by atoms with Crippen molar-refractivity contribution in [2.75, 3.05) is 0 Å². The molecule has 1 aromatic rings. The molecule has 0 aromatic heterocycles. The van der Waals surface area contributed by atoms with E-state index in [0.29, 0.717) is 11.1 Å². The molecule has 1 unspecified atom stereocenters. The molecule has 6 heteroatoms. The van der Waals surface area contributed by atoms with Gasteiger partial charge in [-0.2, -0.15) is 5.26 Å². The average Bonchev–Trinajstić information content (AvgIpc) is 2.89. The quantitative estimate of drug-likeness (QED) is 0.767. The van der Waals surface area contributed by atoms with Crippen molar-refractivity contribution in [1.82, 2.24) is 0 Å². The zero-order chi connectivity index (χ0) is 12.8. The molecule has 90 valence electrons. The minimum atomic E-state index is -3.66. The fourth-order valence-corrected chi connectivity index (χ4v) is 1.95. The third-order valence-electron chi connectivity index (χ3n) is 2.71. The summed E-state index contributed by atoms with van der Waals surface area (Å²) in [4.78, 5) is 3.86. The van der Waals surface area contributed by atoms with Gasteiger partial charge in [0.1, 0.15) is 0 Å². The lowest BCUT2D eigenvalue weighted by Crippen LogP contribution is -2.26. The van der Waals surface area contributed by atoms with Crippen LogP contribution in [-0.4, -0.2) is 12.5 Å². The number of nitrogens with zero attached hydrogens (tertiary/aromatic N) is 2. The van der Waals surface area contributed by atoms with E-state index in [1.54, 1.807) is 12.1 Å².